The Hall–Kier alpha value is -2.81. The second kappa shape index (κ2) is 9.04. The smallest absolute Gasteiger partial charge is 0.246 e. The van der Waals surface area contributed by atoms with Gasteiger partial charge in [0.1, 0.15) is 0 Å². The van der Waals surface area contributed by atoms with Crippen molar-refractivity contribution in [3.8, 4) is 6.07 Å². The monoisotopic (exact) mass is 387 g/mol. The molecule has 7 heteroatoms. The minimum absolute atomic E-state index is 0.114. The van der Waals surface area contributed by atoms with Crippen LogP contribution in [0.25, 0.3) is 6.08 Å². The molecule has 0 radical (unpaired) electrons. The molecule has 0 aromatic heterocycles. The Bertz CT molecular complexity index is 887. The third-order valence-electron chi connectivity index (χ3n) is 3.42. The van der Waals surface area contributed by atoms with Gasteiger partial charge < -0.3 is 10.2 Å². The minimum Gasteiger partial charge on any atom is -0.333 e. The molecule has 0 unspecified atom stereocenters. The molecule has 0 aliphatic rings. The Morgan fingerprint density at radius 1 is 1.15 bits per heavy atom. The molecule has 132 valence electrons. The number of benzene rings is 2. The van der Waals surface area contributed by atoms with Gasteiger partial charge in [-0.1, -0.05) is 35.3 Å². The van der Waals surface area contributed by atoms with Crippen LogP contribution in [0.5, 0.6) is 0 Å². The van der Waals surface area contributed by atoms with Gasteiger partial charge in [-0.15, -0.1) is 0 Å². The summed E-state index contributed by atoms with van der Waals surface area (Å²) in [5.74, 6) is -0.676. The van der Waals surface area contributed by atoms with E-state index in [9.17, 15) is 9.59 Å². The summed E-state index contributed by atoms with van der Waals surface area (Å²) >= 11 is 11.7. The van der Waals surface area contributed by atoms with Crippen LogP contribution in [-0.4, -0.2) is 30.3 Å². The number of amides is 2. The van der Waals surface area contributed by atoms with Crippen LogP contribution in [0, 0.1) is 11.3 Å². The van der Waals surface area contributed by atoms with Gasteiger partial charge in [-0.05, 0) is 42.0 Å². The number of anilines is 1. The fraction of sp³-hybridized carbons (Fsp3) is 0.105. The van der Waals surface area contributed by atoms with Crippen LogP contribution in [0.4, 0.5) is 5.69 Å². The van der Waals surface area contributed by atoms with Gasteiger partial charge >= 0.3 is 0 Å². The van der Waals surface area contributed by atoms with E-state index in [1.807, 2.05) is 6.07 Å². The van der Waals surface area contributed by atoms with Crippen molar-refractivity contribution >= 4 is 46.8 Å². The van der Waals surface area contributed by atoms with Crippen molar-refractivity contribution in [2.75, 3.05) is 18.9 Å². The predicted octanol–water partition coefficient (Wildman–Crippen LogP) is 3.98. The molecule has 2 aromatic rings. The first-order chi connectivity index (χ1) is 12.4. The van der Waals surface area contributed by atoms with Crippen molar-refractivity contribution in [2.45, 2.75) is 0 Å². The number of rotatable bonds is 5. The quantitative estimate of drug-likeness (QED) is 0.788. The lowest BCUT2D eigenvalue weighted by atomic mass is 10.1. The molecular weight excluding hydrogens is 373 g/mol. The van der Waals surface area contributed by atoms with E-state index in [4.69, 9.17) is 28.5 Å². The fourth-order valence-electron chi connectivity index (χ4n) is 2.03. The van der Waals surface area contributed by atoms with E-state index in [0.717, 1.165) is 5.56 Å². The highest BCUT2D eigenvalue weighted by Crippen LogP contribution is 2.24. The number of nitrogens with zero attached hydrogens (tertiary/aromatic N) is 2. The second-order valence-electron chi connectivity index (χ2n) is 5.44. The van der Waals surface area contributed by atoms with Crippen molar-refractivity contribution in [1.82, 2.24) is 4.90 Å². The highest BCUT2D eigenvalue weighted by Gasteiger charge is 2.11. The Morgan fingerprint density at radius 3 is 2.46 bits per heavy atom. The largest absolute Gasteiger partial charge is 0.333 e. The fourth-order valence-corrected chi connectivity index (χ4v) is 2.33. The highest BCUT2D eigenvalue weighted by molar-refractivity contribution is 6.42. The van der Waals surface area contributed by atoms with Gasteiger partial charge in [0.25, 0.3) is 0 Å². The number of nitriles is 1. The first kappa shape index (κ1) is 19.5. The number of carbonyl (C=O) groups is 2. The summed E-state index contributed by atoms with van der Waals surface area (Å²) in [4.78, 5) is 25.4. The molecule has 0 aliphatic heterocycles. The van der Waals surface area contributed by atoms with Gasteiger partial charge in [0.2, 0.25) is 11.8 Å². The molecule has 0 heterocycles. The molecule has 0 saturated heterocycles. The molecule has 0 atom stereocenters. The van der Waals surface area contributed by atoms with Gasteiger partial charge in [0, 0.05) is 18.8 Å². The van der Waals surface area contributed by atoms with E-state index in [-0.39, 0.29) is 18.4 Å². The van der Waals surface area contributed by atoms with Crippen molar-refractivity contribution in [3.05, 3.63) is 69.7 Å². The molecule has 26 heavy (non-hydrogen) atoms. The summed E-state index contributed by atoms with van der Waals surface area (Å²) in [6, 6.07) is 13.6. The Kier molecular flexibility index (Phi) is 6.79. The summed E-state index contributed by atoms with van der Waals surface area (Å²) in [5.41, 5.74) is 1.83. The third-order valence-corrected chi connectivity index (χ3v) is 4.16. The third kappa shape index (κ3) is 5.62. The summed E-state index contributed by atoms with van der Waals surface area (Å²) in [7, 11) is 1.53. The van der Waals surface area contributed by atoms with Crippen LogP contribution in [0.1, 0.15) is 11.1 Å². The van der Waals surface area contributed by atoms with Crippen molar-refractivity contribution in [1.29, 1.82) is 5.26 Å². The second-order valence-corrected chi connectivity index (χ2v) is 6.25. The van der Waals surface area contributed by atoms with Gasteiger partial charge in [0.15, 0.2) is 0 Å². The molecule has 0 spiro atoms. The Morgan fingerprint density at radius 2 is 1.85 bits per heavy atom. The SMILES string of the molecule is CN(CC(=O)Nc1ccc(Cl)c(Cl)c1)C(=O)/C=C/c1ccc(C#N)cc1. The van der Waals surface area contributed by atoms with E-state index in [2.05, 4.69) is 5.32 Å². The zero-order valence-corrected chi connectivity index (χ0v) is 15.4. The van der Waals surface area contributed by atoms with E-state index < -0.39 is 0 Å². The van der Waals surface area contributed by atoms with Crippen LogP contribution in [0.15, 0.2) is 48.5 Å². The van der Waals surface area contributed by atoms with Crippen LogP contribution >= 0.6 is 23.2 Å². The molecule has 2 aromatic carbocycles. The van der Waals surface area contributed by atoms with Crippen LogP contribution in [0.3, 0.4) is 0 Å². The number of hydrogen-bond donors (Lipinski definition) is 1. The van der Waals surface area contributed by atoms with E-state index in [1.54, 1.807) is 42.5 Å². The molecule has 0 aliphatic carbocycles. The van der Waals surface area contributed by atoms with Crippen LogP contribution in [0.2, 0.25) is 10.0 Å². The lowest BCUT2D eigenvalue weighted by Gasteiger charge is -2.15. The maximum atomic E-state index is 12.1. The maximum absolute atomic E-state index is 12.1. The number of hydrogen-bond acceptors (Lipinski definition) is 3. The molecule has 1 N–H and O–H groups in total. The van der Waals surface area contributed by atoms with Gasteiger partial charge in [-0.25, -0.2) is 0 Å². The number of halogens is 2. The van der Waals surface area contributed by atoms with E-state index in [0.29, 0.717) is 21.3 Å². The molecule has 5 nitrogen and oxygen atoms in total. The Labute approximate surface area is 161 Å². The first-order valence-corrected chi connectivity index (χ1v) is 8.33. The average molecular weight is 388 g/mol. The topological polar surface area (TPSA) is 73.2 Å². The normalized spacial score (nSPS) is 10.4. The number of carbonyl (C=O) groups excluding carboxylic acids is 2. The summed E-state index contributed by atoms with van der Waals surface area (Å²) in [6.07, 6.45) is 2.99. The lowest BCUT2D eigenvalue weighted by Crippen LogP contribution is -2.33. The summed E-state index contributed by atoms with van der Waals surface area (Å²) in [5, 5.41) is 12.1. The van der Waals surface area contributed by atoms with E-state index >= 15 is 0 Å². The predicted molar refractivity (Wildman–Crippen MR) is 103 cm³/mol. The average Bonchev–Trinajstić information content (AvgIpc) is 2.63. The first-order valence-electron chi connectivity index (χ1n) is 7.57. The standard InChI is InChI=1S/C19H15Cl2N3O2/c1-24(12-18(25)23-15-7-8-16(20)17(21)10-15)19(26)9-6-13-2-4-14(11-22)5-3-13/h2-10H,12H2,1H3,(H,23,25)/b9-6+. The maximum Gasteiger partial charge on any atom is 0.246 e. The zero-order valence-electron chi connectivity index (χ0n) is 13.9. The van der Waals surface area contributed by atoms with Crippen molar-refractivity contribution in [2.24, 2.45) is 0 Å². The number of likely N-dealkylation sites (N-methyl/N-ethyl adjacent to an activating group) is 1. The Balaban J connectivity index is 1.90. The van der Waals surface area contributed by atoms with E-state index in [1.165, 1.54) is 24.1 Å². The summed E-state index contributed by atoms with van der Waals surface area (Å²) < 4.78 is 0. The molecular formula is C19H15Cl2N3O2. The minimum atomic E-state index is -0.356. The van der Waals surface area contributed by atoms with Crippen LogP contribution in [-0.2, 0) is 9.59 Å². The highest BCUT2D eigenvalue weighted by atomic mass is 35.5. The molecule has 2 amide bonds. The molecule has 0 bridgehead atoms. The molecule has 0 saturated carbocycles. The molecule has 0 fully saturated rings. The number of nitrogens with one attached hydrogen (secondary N) is 1. The van der Waals surface area contributed by atoms with Gasteiger partial charge in [0.05, 0.1) is 28.2 Å². The van der Waals surface area contributed by atoms with Gasteiger partial charge in [-0.3, -0.25) is 9.59 Å². The zero-order chi connectivity index (χ0) is 19.1. The van der Waals surface area contributed by atoms with Crippen molar-refractivity contribution in [3.63, 3.8) is 0 Å². The van der Waals surface area contributed by atoms with Gasteiger partial charge in [-0.2, -0.15) is 5.26 Å². The lowest BCUT2D eigenvalue weighted by molar-refractivity contribution is -0.129. The summed E-state index contributed by atoms with van der Waals surface area (Å²) in [6.45, 7) is -0.114. The van der Waals surface area contributed by atoms with Crippen LogP contribution < -0.4 is 5.32 Å². The van der Waals surface area contributed by atoms with Crippen molar-refractivity contribution < 1.29 is 9.59 Å². The molecule has 2 rings (SSSR count).